The summed E-state index contributed by atoms with van der Waals surface area (Å²) in [5, 5.41) is 9.18. The van der Waals surface area contributed by atoms with Crippen LogP contribution in [0.2, 0.25) is 0 Å². The van der Waals surface area contributed by atoms with E-state index in [0.29, 0.717) is 6.42 Å². The van der Waals surface area contributed by atoms with E-state index in [-0.39, 0.29) is 11.7 Å². The number of nitrogens with zero attached hydrogens (tertiary/aromatic N) is 1. The van der Waals surface area contributed by atoms with E-state index in [1.807, 2.05) is 0 Å². The molecule has 1 rings (SSSR count). The van der Waals surface area contributed by atoms with Crippen LogP contribution in [0.15, 0.2) is 24.3 Å². The highest BCUT2D eigenvalue weighted by molar-refractivity contribution is 5.81. The Balaban J connectivity index is 2.51. The van der Waals surface area contributed by atoms with Crippen LogP contribution in [0, 0.1) is 0 Å². The van der Waals surface area contributed by atoms with Gasteiger partial charge in [-0.05, 0) is 30.5 Å². The second-order valence-corrected chi connectivity index (χ2v) is 4.59. The number of likely N-dealkylation sites (N-methyl/N-ethyl adjacent to an activating group) is 1. The van der Waals surface area contributed by atoms with Gasteiger partial charge in [0.2, 0.25) is 5.91 Å². The van der Waals surface area contributed by atoms with Crippen LogP contribution >= 0.6 is 0 Å². The van der Waals surface area contributed by atoms with Crippen molar-refractivity contribution in [3.63, 3.8) is 0 Å². The maximum atomic E-state index is 12.0. The van der Waals surface area contributed by atoms with Gasteiger partial charge in [0.1, 0.15) is 5.75 Å². The number of carbonyl (C=O) groups is 1. The summed E-state index contributed by atoms with van der Waals surface area (Å²) in [5.74, 6) is 0.190. The number of rotatable bonds is 6. The Bertz CT molecular complexity index is 376. The molecule has 0 bridgehead atoms. The third-order valence-electron chi connectivity index (χ3n) is 2.93. The third-order valence-corrected chi connectivity index (χ3v) is 2.93. The normalized spacial score (nSPS) is 12.2. The largest absolute Gasteiger partial charge is 0.508 e. The average Bonchev–Trinajstić information content (AvgIpc) is 2.37. The van der Waals surface area contributed by atoms with Gasteiger partial charge in [0, 0.05) is 13.6 Å². The fourth-order valence-corrected chi connectivity index (χ4v) is 1.76. The highest BCUT2D eigenvalue weighted by atomic mass is 16.3. The van der Waals surface area contributed by atoms with Crippen LogP contribution in [-0.4, -0.2) is 35.5 Å². The Hall–Kier alpha value is -1.55. The molecule has 4 nitrogen and oxygen atoms in total. The number of benzene rings is 1. The minimum Gasteiger partial charge on any atom is -0.508 e. The van der Waals surface area contributed by atoms with Gasteiger partial charge in [-0.2, -0.15) is 0 Å². The summed E-state index contributed by atoms with van der Waals surface area (Å²) < 4.78 is 0. The Morgan fingerprint density at radius 1 is 1.39 bits per heavy atom. The summed E-state index contributed by atoms with van der Waals surface area (Å²) in [6.07, 6.45) is 2.55. The van der Waals surface area contributed by atoms with Gasteiger partial charge < -0.3 is 15.7 Å². The van der Waals surface area contributed by atoms with Crippen LogP contribution in [0.25, 0.3) is 0 Å². The van der Waals surface area contributed by atoms with Crippen LogP contribution in [0.1, 0.15) is 25.3 Å². The van der Waals surface area contributed by atoms with Crippen molar-refractivity contribution in [3.8, 4) is 5.75 Å². The van der Waals surface area contributed by atoms with E-state index in [9.17, 15) is 9.90 Å². The molecular formula is C14H22N2O2. The van der Waals surface area contributed by atoms with E-state index in [4.69, 9.17) is 5.73 Å². The standard InChI is InChI=1S/C14H22N2O2/c1-3-4-9-16(2)14(18)13(15)10-11-5-7-12(17)8-6-11/h5-8,13,17H,3-4,9-10,15H2,1-2H3/t13-/m1/s1. The van der Waals surface area contributed by atoms with Gasteiger partial charge in [0.25, 0.3) is 0 Å². The highest BCUT2D eigenvalue weighted by Gasteiger charge is 2.17. The molecule has 18 heavy (non-hydrogen) atoms. The fourth-order valence-electron chi connectivity index (χ4n) is 1.76. The Labute approximate surface area is 108 Å². The number of nitrogens with two attached hydrogens (primary N) is 1. The lowest BCUT2D eigenvalue weighted by Crippen LogP contribution is -2.43. The SMILES string of the molecule is CCCCN(C)C(=O)[C@H](N)Cc1ccc(O)cc1. The number of hydrogen-bond acceptors (Lipinski definition) is 3. The number of phenolic OH excluding ortho intramolecular Hbond substituents is 1. The lowest BCUT2D eigenvalue weighted by Gasteiger charge is -2.21. The summed E-state index contributed by atoms with van der Waals surface area (Å²) in [6, 6.07) is 6.26. The smallest absolute Gasteiger partial charge is 0.239 e. The van der Waals surface area contributed by atoms with Crippen LogP contribution in [0.4, 0.5) is 0 Å². The number of carbonyl (C=O) groups excluding carboxylic acids is 1. The van der Waals surface area contributed by atoms with Gasteiger partial charge in [-0.25, -0.2) is 0 Å². The Morgan fingerprint density at radius 3 is 2.56 bits per heavy atom. The number of phenols is 1. The fraction of sp³-hybridized carbons (Fsp3) is 0.500. The minimum absolute atomic E-state index is 0.0310. The van der Waals surface area contributed by atoms with Crippen LogP contribution < -0.4 is 5.73 Å². The van der Waals surface area contributed by atoms with Gasteiger partial charge >= 0.3 is 0 Å². The lowest BCUT2D eigenvalue weighted by atomic mass is 10.1. The molecule has 0 aliphatic heterocycles. The predicted molar refractivity (Wildman–Crippen MR) is 72.3 cm³/mol. The first-order valence-corrected chi connectivity index (χ1v) is 6.33. The molecule has 0 unspecified atom stereocenters. The topological polar surface area (TPSA) is 66.6 Å². The Morgan fingerprint density at radius 2 is 2.00 bits per heavy atom. The van der Waals surface area contributed by atoms with Crippen LogP contribution in [0.3, 0.4) is 0 Å². The molecule has 0 radical (unpaired) electrons. The number of amides is 1. The molecule has 0 saturated carbocycles. The second kappa shape index (κ2) is 7.01. The molecule has 0 aliphatic rings. The highest BCUT2D eigenvalue weighted by Crippen LogP contribution is 2.11. The van der Waals surface area contributed by atoms with Crippen molar-refractivity contribution in [2.24, 2.45) is 5.73 Å². The first kappa shape index (κ1) is 14.5. The maximum absolute atomic E-state index is 12.0. The van der Waals surface area contributed by atoms with Crippen molar-refractivity contribution in [2.75, 3.05) is 13.6 Å². The molecule has 1 amide bonds. The first-order valence-electron chi connectivity index (χ1n) is 6.33. The summed E-state index contributed by atoms with van der Waals surface area (Å²) in [7, 11) is 1.79. The zero-order chi connectivity index (χ0) is 13.5. The van der Waals surface area contributed by atoms with Gasteiger partial charge in [-0.15, -0.1) is 0 Å². The van der Waals surface area contributed by atoms with E-state index in [2.05, 4.69) is 6.92 Å². The van der Waals surface area contributed by atoms with Gasteiger partial charge in [0.15, 0.2) is 0 Å². The van der Waals surface area contributed by atoms with Crippen molar-refractivity contribution in [1.29, 1.82) is 0 Å². The van der Waals surface area contributed by atoms with Crippen molar-refractivity contribution < 1.29 is 9.90 Å². The molecule has 4 heteroatoms. The molecule has 0 heterocycles. The van der Waals surface area contributed by atoms with Crippen molar-refractivity contribution in [3.05, 3.63) is 29.8 Å². The molecule has 0 spiro atoms. The molecule has 0 fully saturated rings. The van der Waals surface area contributed by atoms with Gasteiger partial charge in [-0.1, -0.05) is 25.5 Å². The zero-order valence-corrected chi connectivity index (χ0v) is 11.1. The molecule has 1 atom stereocenters. The molecule has 1 aromatic carbocycles. The Kier molecular flexibility index (Phi) is 5.65. The summed E-state index contributed by atoms with van der Waals surface area (Å²) >= 11 is 0. The second-order valence-electron chi connectivity index (χ2n) is 4.59. The molecule has 0 aromatic heterocycles. The monoisotopic (exact) mass is 250 g/mol. The van der Waals surface area contributed by atoms with E-state index in [1.54, 1.807) is 36.2 Å². The lowest BCUT2D eigenvalue weighted by molar-refractivity contribution is -0.131. The van der Waals surface area contributed by atoms with E-state index < -0.39 is 6.04 Å². The van der Waals surface area contributed by atoms with Crippen molar-refractivity contribution in [2.45, 2.75) is 32.2 Å². The van der Waals surface area contributed by atoms with Crippen LogP contribution in [0.5, 0.6) is 5.75 Å². The summed E-state index contributed by atoms with van der Waals surface area (Å²) in [6.45, 7) is 2.84. The van der Waals surface area contributed by atoms with Crippen molar-refractivity contribution >= 4 is 5.91 Å². The van der Waals surface area contributed by atoms with Crippen molar-refractivity contribution in [1.82, 2.24) is 4.90 Å². The minimum atomic E-state index is -0.517. The molecule has 0 aliphatic carbocycles. The van der Waals surface area contributed by atoms with Gasteiger partial charge in [0.05, 0.1) is 6.04 Å². The number of hydrogen-bond donors (Lipinski definition) is 2. The van der Waals surface area contributed by atoms with Gasteiger partial charge in [-0.3, -0.25) is 4.79 Å². The number of unbranched alkanes of at least 4 members (excludes halogenated alkanes) is 1. The molecule has 3 N–H and O–H groups in total. The average molecular weight is 250 g/mol. The maximum Gasteiger partial charge on any atom is 0.239 e. The zero-order valence-electron chi connectivity index (χ0n) is 11.1. The molecule has 100 valence electrons. The number of aromatic hydroxyl groups is 1. The quantitative estimate of drug-likeness (QED) is 0.804. The molecular weight excluding hydrogens is 228 g/mol. The predicted octanol–water partition coefficient (Wildman–Crippen LogP) is 1.52. The van der Waals surface area contributed by atoms with E-state index in [1.165, 1.54) is 0 Å². The van der Waals surface area contributed by atoms with E-state index >= 15 is 0 Å². The summed E-state index contributed by atoms with van der Waals surface area (Å²) in [4.78, 5) is 13.7. The molecule has 1 aromatic rings. The third kappa shape index (κ3) is 4.37. The first-order chi connectivity index (χ1) is 8.54. The van der Waals surface area contributed by atoms with E-state index in [0.717, 1.165) is 24.9 Å². The van der Waals surface area contributed by atoms with Crippen LogP contribution in [-0.2, 0) is 11.2 Å². The summed E-state index contributed by atoms with van der Waals surface area (Å²) in [5.41, 5.74) is 6.86. The molecule has 0 saturated heterocycles.